The normalized spacial score (nSPS) is 18.9. The maximum Gasteiger partial charge on any atom is 0.258 e. The summed E-state index contributed by atoms with van der Waals surface area (Å²) < 4.78 is 5.29. The quantitative estimate of drug-likeness (QED) is 0.642. The molecule has 5 rings (SSSR count). The molecule has 0 aliphatic carbocycles. The molecule has 29 heavy (non-hydrogen) atoms. The van der Waals surface area contributed by atoms with Crippen LogP contribution in [-0.2, 0) is 4.79 Å². The second-order valence-electron chi connectivity index (χ2n) is 7.02. The van der Waals surface area contributed by atoms with Crippen molar-refractivity contribution in [2.24, 2.45) is 10.1 Å². The second kappa shape index (κ2) is 7.37. The van der Waals surface area contributed by atoms with Crippen molar-refractivity contribution in [3.05, 3.63) is 77.9 Å². The minimum Gasteiger partial charge on any atom is -0.497 e. The second-order valence-corrected chi connectivity index (χ2v) is 7.97. The fourth-order valence-electron chi connectivity index (χ4n) is 3.73. The Morgan fingerprint density at radius 1 is 1.03 bits per heavy atom. The van der Waals surface area contributed by atoms with Crippen molar-refractivity contribution < 1.29 is 9.53 Å². The van der Waals surface area contributed by atoms with Crippen LogP contribution < -0.4 is 4.74 Å². The largest absolute Gasteiger partial charge is 0.497 e. The molecule has 2 aliphatic heterocycles. The molecule has 144 valence electrons. The molecular weight excluding hydrogens is 382 g/mol. The summed E-state index contributed by atoms with van der Waals surface area (Å²) >= 11 is 1.45. The lowest BCUT2D eigenvalue weighted by Gasteiger charge is -2.22. The molecule has 0 spiro atoms. The highest BCUT2D eigenvalue weighted by Gasteiger charge is 2.34. The van der Waals surface area contributed by atoms with Gasteiger partial charge in [0.05, 0.1) is 24.6 Å². The highest BCUT2D eigenvalue weighted by Crippen LogP contribution is 2.37. The van der Waals surface area contributed by atoms with Gasteiger partial charge in [0.2, 0.25) is 0 Å². The first-order valence-electron chi connectivity index (χ1n) is 9.45. The predicted octanol–water partition coefficient (Wildman–Crippen LogP) is 4.63. The van der Waals surface area contributed by atoms with Crippen LogP contribution in [0.2, 0.25) is 0 Å². The van der Waals surface area contributed by atoms with E-state index >= 15 is 0 Å². The third kappa shape index (κ3) is 3.40. The fraction of sp³-hybridized carbons (Fsp3) is 0.174. The van der Waals surface area contributed by atoms with Gasteiger partial charge in [0.1, 0.15) is 5.75 Å². The van der Waals surface area contributed by atoms with Crippen molar-refractivity contribution in [1.29, 1.82) is 0 Å². The van der Waals surface area contributed by atoms with Crippen molar-refractivity contribution in [2.45, 2.75) is 12.5 Å². The number of carbonyl (C=O) groups is 1. The highest BCUT2D eigenvalue weighted by molar-refractivity contribution is 8.14. The number of rotatable bonds is 3. The van der Waals surface area contributed by atoms with Gasteiger partial charge in [0, 0.05) is 6.42 Å². The number of aliphatic imine (C=N–C) groups is 1. The molecule has 5 nitrogen and oxygen atoms in total. The van der Waals surface area contributed by atoms with Crippen molar-refractivity contribution in [1.82, 2.24) is 5.01 Å². The molecular formula is C23H19N3O2S. The van der Waals surface area contributed by atoms with E-state index in [2.05, 4.69) is 47.5 Å². The maximum atomic E-state index is 11.7. The summed E-state index contributed by atoms with van der Waals surface area (Å²) in [7, 11) is 1.66. The standard InChI is InChI=1S/C23H19N3O2S/c1-28-19-10-8-16(9-11-19)21-13-20(25-26(21)23-24-22(27)14-29-23)18-7-6-15-4-2-3-5-17(15)12-18/h2-12,21H,13-14H2,1H3/t21-/m0/s1. The fourth-order valence-corrected chi connectivity index (χ4v) is 4.51. The van der Waals surface area contributed by atoms with Gasteiger partial charge in [0.25, 0.3) is 5.91 Å². The van der Waals surface area contributed by atoms with Gasteiger partial charge < -0.3 is 4.74 Å². The van der Waals surface area contributed by atoms with E-state index in [9.17, 15) is 4.79 Å². The number of ether oxygens (including phenoxy) is 1. The van der Waals surface area contributed by atoms with Crippen molar-refractivity contribution in [3.8, 4) is 5.75 Å². The Bertz CT molecular complexity index is 1150. The topological polar surface area (TPSA) is 54.3 Å². The van der Waals surface area contributed by atoms with E-state index in [1.54, 1.807) is 7.11 Å². The van der Waals surface area contributed by atoms with E-state index < -0.39 is 0 Å². The lowest BCUT2D eigenvalue weighted by Crippen LogP contribution is -2.23. The van der Waals surface area contributed by atoms with Gasteiger partial charge in [0.15, 0.2) is 5.17 Å². The number of nitrogens with zero attached hydrogens (tertiary/aromatic N) is 3. The Morgan fingerprint density at radius 2 is 1.83 bits per heavy atom. The summed E-state index contributed by atoms with van der Waals surface area (Å²) in [5, 5.41) is 9.87. The SMILES string of the molecule is COc1ccc([C@@H]2CC(c3ccc4ccccc4c3)=NN2C2=NC(=O)CS2)cc1. The molecule has 3 aromatic rings. The molecule has 2 aliphatic rings. The van der Waals surface area contributed by atoms with Crippen LogP contribution in [0.25, 0.3) is 10.8 Å². The number of carbonyl (C=O) groups excluding carboxylic acids is 1. The van der Waals surface area contributed by atoms with Gasteiger partial charge in [-0.25, -0.2) is 5.01 Å². The Balaban J connectivity index is 1.53. The first-order valence-corrected chi connectivity index (χ1v) is 10.4. The predicted molar refractivity (Wildman–Crippen MR) is 118 cm³/mol. The molecule has 0 bridgehead atoms. The van der Waals surface area contributed by atoms with Gasteiger partial charge in [-0.1, -0.05) is 60.3 Å². The summed E-state index contributed by atoms with van der Waals surface area (Å²) in [6, 6.07) is 22.8. The number of hydrazone groups is 1. The lowest BCUT2D eigenvalue weighted by molar-refractivity contribution is -0.115. The monoisotopic (exact) mass is 401 g/mol. The van der Waals surface area contributed by atoms with Crippen molar-refractivity contribution >= 4 is 39.3 Å². The van der Waals surface area contributed by atoms with Gasteiger partial charge in [-0.15, -0.1) is 0 Å². The number of thioether (sulfide) groups is 1. The minimum absolute atomic E-state index is 0.000439. The molecule has 0 aromatic heterocycles. The first kappa shape index (κ1) is 17.9. The molecule has 0 saturated heterocycles. The number of methoxy groups -OCH3 is 1. The van der Waals surface area contributed by atoms with Gasteiger partial charge in [-0.2, -0.15) is 10.1 Å². The zero-order chi connectivity index (χ0) is 19.8. The molecule has 0 N–H and O–H groups in total. The third-order valence-corrected chi connectivity index (χ3v) is 6.16. The average molecular weight is 401 g/mol. The number of hydrogen-bond acceptors (Lipinski definition) is 5. The molecule has 2 heterocycles. The zero-order valence-corrected chi connectivity index (χ0v) is 16.7. The first-order chi connectivity index (χ1) is 14.2. The average Bonchev–Trinajstić information content (AvgIpc) is 3.40. The summed E-state index contributed by atoms with van der Waals surface area (Å²) in [6.07, 6.45) is 0.748. The highest BCUT2D eigenvalue weighted by atomic mass is 32.2. The van der Waals surface area contributed by atoms with Crippen molar-refractivity contribution in [3.63, 3.8) is 0 Å². The number of amides is 1. The molecule has 0 unspecified atom stereocenters. The summed E-state index contributed by atoms with van der Waals surface area (Å²) in [5.41, 5.74) is 3.21. The van der Waals surface area contributed by atoms with Gasteiger partial charge in [-0.3, -0.25) is 4.79 Å². The Morgan fingerprint density at radius 3 is 2.55 bits per heavy atom. The summed E-state index contributed by atoms with van der Waals surface area (Å²) in [6.45, 7) is 0. The maximum absolute atomic E-state index is 11.7. The number of benzene rings is 3. The van der Waals surface area contributed by atoms with E-state index in [1.165, 1.54) is 22.5 Å². The summed E-state index contributed by atoms with van der Waals surface area (Å²) in [5.74, 6) is 1.09. The zero-order valence-electron chi connectivity index (χ0n) is 15.9. The van der Waals surface area contributed by atoms with E-state index in [4.69, 9.17) is 9.84 Å². The van der Waals surface area contributed by atoms with Gasteiger partial charge in [-0.05, 0) is 40.1 Å². The smallest absolute Gasteiger partial charge is 0.258 e. The molecule has 0 saturated carbocycles. The third-order valence-electron chi connectivity index (χ3n) is 5.23. The molecule has 0 fully saturated rings. The van der Waals surface area contributed by atoms with Crippen LogP contribution in [0, 0.1) is 0 Å². The van der Waals surface area contributed by atoms with Crippen molar-refractivity contribution in [2.75, 3.05) is 12.9 Å². The Kier molecular flexibility index (Phi) is 4.56. The molecule has 0 radical (unpaired) electrons. The van der Waals surface area contributed by atoms with Crippen LogP contribution in [0.4, 0.5) is 0 Å². The molecule has 1 atom stereocenters. The van der Waals surface area contributed by atoms with E-state index in [1.807, 2.05) is 29.3 Å². The van der Waals surface area contributed by atoms with Crippen LogP contribution in [0.1, 0.15) is 23.6 Å². The van der Waals surface area contributed by atoms with Gasteiger partial charge >= 0.3 is 0 Å². The van der Waals surface area contributed by atoms with Crippen LogP contribution in [0.5, 0.6) is 5.75 Å². The number of hydrogen-bond donors (Lipinski definition) is 0. The van der Waals surface area contributed by atoms with Crippen LogP contribution in [-0.4, -0.2) is 34.7 Å². The Hall–Kier alpha value is -3.12. The Labute approximate surface area is 173 Å². The van der Waals surface area contributed by atoms with E-state index in [-0.39, 0.29) is 11.9 Å². The number of fused-ring (bicyclic) bond motifs is 1. The number of amidine groups is 1. The molecule has 3 aromatic carbocycles. The van der Waals surface area contributed by atoms with E-state index in [0.717, 1.165) is 29.0 Å². The lowest BCUT2D eigenvalue weighted by atomic mass is 9.97. The van der Waals surface area contributed by atoms with Crippen LogP contribution in [0.3, 0.4) is 0 Å². The molecule has 1 amide bonds. The van der Waals surface area contributed by atoms with Crippen LogP contribution in [0.15, 0.2) is 76.8 Å². The minimum atomic E-state index is -0.104. The summed E-state index contributed by atoms with van der Waals surface area (Å²) in [4.78, 5) is 15.9. The molecule has 6 heteroatoms. The van der Waals surface area contributed by atoms with E-state index in [0.29, 0.717) is 10.9 Å². The van der Waals surface area contributed by atoms with Crippen LogP contribution >= 0.6 is 11.8 Å².